The predicted octanol–water partition coefficient (Wildman–Crippen LogP) is 4.48. The first-order chi connectivity index (χ1) is 17.0. The van der Waals surface area contributed by atoms with Gasteiger partial charge in [0.1, 0.15) is 12.6 Å². The van der Waals surface area contributed by atoms with E-state index in [4.69, 9.17) is 9.84 Å². The molecule has 0 saturated heterocycles. The fourth-order valence-corrected chi connectivity index (χ4v) is 5.34. The van der Waals surface area contributed by atoms with Crippen LogP contribution in [0.2, 0.25) is 0 Å². The molecule has 0 aliphatic heterocycles. The molecule has 0 aromatic heterocycles. The number of carbonyl (C=O) groups is 3. The van der Waals surface area contributed by atoms with E-state index >= 15 is 0 Å². The number of hydrogen-bond acceptors (Lipinski definition) is 4. The molecule has 3 atom stereocenters. The van der Waals surface area contributed by atoms with E-state index in [0.29, 0.717) is 6.54 Å². The average Bonchev–Trinajstić information content (AvgIpc) is 3.42. The highest BCUT2D eigenvalue weighted by Crippen LogP contribution is 2.44. The van der Waals surface area contributed by atoms with E-state index in [1.54, 1.807) is 6.08 Å². The van der Waals surface area contributed by atoms with Crippen molar-refractivity contribution in [3.8, 4) is 11.1 Å². The van der Waals surface area contributed by atoms with Crippen LogP contribution in [0.3, 0.4) is 0 Å². The molecule has 7 heteroatoms. The first-order valence-electron chi connectivity index (χ1n) is 12.2. The second kappa shape index (κ2) is 11.2. The minimum Gasteiger partial charge on any atom is -0.481 e. The van der Waals surface area contributed by atoms with Gasteiger partial charge in [0.05, 0.1) is 0 Å². The van der Waals surface area contributed by atoms with E-state index < -0.39 is 18.1 Å². The number of fused-ring (bicyclic) bond motifs is 3. The van der Waals surface area contributed by atoms with Crippen LogP contribution < -0.4 is 10.6 Å². The van der Waals surface area contributed by atoms with E-state index in [1.165, 1.54) is 0 Å². The van der Waals surface area contributed by atoms with Crippen LogP contribution in [0, 0.1) is 11.8 Å². The number of hydrogen-bond donors (Lipinski definition) is 3. The van der Waals surface area contributed by atoms with Gasteiger partial charge >= 0.3 is 12.1 Å². The van der Waals surface area contributed by atoms with Crippen molar-refractivity contribution in [3.05, 3.63) is 72.3 Å². The monoisotopic (exact) mass is 476 g/mol. The summed E-state index contributed by atoms with van der Waals surface area (Å²) in [5.74, 6) is -0.710. The largest absolute Gasteiger partial charge is 0.481 e. The van der Waals surface area contributed by atoms with Gasteiger partial charge in [0.15, 0.2) is 0 Å². The van der Waals surface area contributed by atoms with Gasteiger partial charge in [0.25, 0.3) is 0 Å². The fraction of sp³-hybridized carbons (Fsp3) is 0.393. The third-order valence-electron chi connectivity index (χ3n) is 7.03. The Labute approximate surface area is 205 Å². The van der Waals surface area contributed by atoms with Gasteiger partial charge in [-0.2, -0.15) is 0 Å². The molecular formula is C28H32N2O5. The van der Waals surface area contributed by atoms with Crippen LogP contribution >= 0.6 is 0 Å². The summed E-state index contributed by atoms with van der Waals surface area (Å²) >= 11 is 0. The van der Waals surface area contributed by atoms with Crippen LogP contribution in [0.4, 0.5) is 4.79 Å². The van der Waals surface area contributed by atoms with Crippen LogP contribution in [-0.4, -0.2) is 42.3 Å². The second-order valence-electron chi connectivity index (χ2n) is 9.43. The number of nitrogens with one attached hydrogen (secondary N) is 2. The number of rotatable bonds is 10. The Bertz CT molecular complexity index is 1050. The Morgan fingerprint density at radius 2 is 1.66 bits per heavy atom. The van der Waals surface area contributed by atoms with Crippen molar-refractivity contribution < 1.29 is 24.2 Å². The van der Waals surface area contributed by atoms with E-state index in [9.17, 15) is 14.4 Å². The quantitative estimate of drug-likeness (QED) is 0.439. The number of amides is 2. The molecule has 2 amide bonds. The van der Waals surface area contributed by atoms with Gasteiger partial charge in [-0.3, -0.25) is 9.59 Å². The molecule has 2 aliphatic carbocycles. The van der Waals surface area contributed by atoms with E-state index in [0.717, 1.165) is 41.5 Å². The summed E-state index contributed by atoms with van der Waals surface area (Å²) in [6.07, 6.45) is 3.95. The molecular weight excluding hydrogens is 444 g/mol. The zero-order chi connectivity index (χ0) is 24.8. The maximum Gasteiger partial charge on any atom is 0.407 e. The molecule has 3 unspecified atom stereocenters. The van der Waals surface area contributed by atoms with Crippen LogP contribution in [0.5, 0.6) is 0 Å². The van der Waals surface area contributed by atoms with Gasteiger partial charge < -0.3 is 20.5 Å². The van der Waals surface area contributed by atoms with E-state index in [1.807, 2.05) is 24.3 Å². The van der Waals surface area contributed by atoms with Gasteiger partial charge in [0.2, 0.25) is 5.91 Å². The molecule has 7 nitrogen and oxygen atoms in total. The Kier molecular flexibility index (Phi) is 7.85. The van der Waals surface area contributed by atoms with Gasteiger partial charge in [-0.25, -0.2) is 4.79 Å². The molecule has 2 aromatic carbocycles. The topological polar surface area (TPSA) is 105 Å². The molecule has 35 heavy (non-hydrogen) atoms. The summed E-state index contributed by atoms with van der Waals surface area (Å²) < 4.78 is 5.58. The molecule has 0 radical (unpaired) electrons. The molecule has 2 aliphatic rings. The van der Waals surface area contributed by atoms with Gasteiger partial charge in [0, 0.05) is 18.9 Å². The number of carbonyl (C=O) groups excluding carboxylic acids is 2. The van der Waals surface area contributed by atoms with Crippen molar-refractivity contribution in [2.75, 3.05) is 13.2 Å². The lowest BCUT2D eigenvalue weighted by Crippen LogP contribution is -2.47. The third kappa shape index (κ3) is 5.91. The first kappa shape index (κ1) is 24.5. The summed E-state index contributed by atoms with van der Waals surface area (Å²) in [5, 5.41) is 14.6. The molecule has 0 bridgehead atoms. The molecule has 0 heterocycles. The second-order valence-corrected chi connectivity index (χ2v) is 9.43. The fourth-order valence-electron chi connectivity index (χ4n) is 5.34. The molecule has 2 aromatic rings. The summed E-state index contributed by atoms with van der Waals surface area (Å²) in [7, 11) is 0. The highest BCUT2D eigenvalue weighted by atomic mass is 16.5. The summed E-state index contributed by atoms with van der Waals surface area (Å²) in [6.45, 7) is 4.34. The van der Waals surface area contributed by atoms with Crippen LogP contribution in [-0.2, 0) is 14.3 Å². The average molecular weight is 477 g/mol. The Hall–Kier alpha value is -3.61. The van der Waals surface area contributed by atoms with E-state index in [2.05, 4.69) is 41.5 Å². The Morgan fingerprint density at radius 3 is 2.29 bits per heavy atom. The van der Waals surface area contributed by atoms with Gasteiger partial charge in [-0.15, -0.1) is 6.58 Å². The minimum atomic E-state index is -0.780. The number of carboxylic acids is 1. The van der Waals surface area contributed by atoms with Gasteiger partial charge in [-0.05, 0) is 59.8 Å². The van der Waals surface area contributed by atoms with Crippen molar-refractivity contribution in [1.29, 1.82) is 0 Å². The number of benzene rings is 2. The zero-order valence-electron chi connectivity index (χ0n) is 19.7. The lowest BCUT2D eigenvalue weighted by atomic mass is 9.98. The van der Waals surface area contributed by atoms with Crippen molar-refractivity contribution >= 4 is 18.0 Å². The normalized spacial score (nSPS) is 19.3. The summed E-state index contributed by atoms with van der Waals surface area (Å²) in [6, 6.07) is 15.5. The standard InChI is InChI=1S/C28H32N2O5/c1-2-7-25(27(33)29-16-19-13-12-18(14-19)15-26(31)32)30-28(34)35-17-24-22-10-5-3-8-20(22)21-9-4-6-11-23(21)24/h2-6,8-11,18-19,24-25H,1,7,12-17H2,(H,29,33)(H,30,34)(H,31,32). The smallest absolute Gasteiger partial charge is 0.407 e. The predicted molar refractivity (Wildman–Crippen MR) is 133 cm³/mol. The van der Waals surface area contributed by atoms with E-state index in [-0.39, 0.29) is 43.1 Å². The summed E-state index contributed by atoms with van der Waals surface area (Å²) in [4.78, 5) is 36.3. The molecule has 3 N–H and O–H groups in total. The van der Waals surface area contributed by atoms with Crippen LogP contribution in [0.1, 0.15) is 49.1 Å². The number of aliphatic carboxylic acids is 1. The van der Waals surface area contributed by atoms with Crippen LogP contribution in [0.15, 0.2) is 61.2 Å². The van der Waals surface area contributed by atoms with Crippen LogP contribution in [0.25, 0.3) is 11.1 Å². The molecule has 1 saturated carbocycles. The Balaban J connectivity index is 1.29. The van der Waals surface area contributed by atoms with Crippen molar-refractivity contribution in [1.82, 2.24) is 10.6 Å². The van der Waals surface area contributed by atoms with Crippen molar-refractivity contribution in [2.24, 2.45) is 11.8 Å². The highest BCUT2D eigenvalue weighted by Gasteiger charge is 2.30. The number of alkyl carbamates (subject to hydrolysis) is 1. The SMILES string of the molecule is C=CCC(NC(=O)OCC1c2ccccc2-c2ccccc21)C(=O)NCC1CCC(CC(=O)O)C1. The first-order valence-corrected chi connectivity index (χ1v) is 12.2. The number of ether oxygens (including phenoxy) is 1. The molecule has 1 fully saturated rings. The van der Waals surface area contributed by atoms with Crippen molar-refractivity contribution in [3.63, 3.8) is 0 Å². The zero-order valence-corrected chi connectivity index (χ0v) is 19.7. The lowest BCUT2D eigenvalue weighted by molar-refractivity contribution is -0.138. The summed E-state index contributed by atoms with van der Waals surface area (Å²) in [5.41, 5.74) is 4.55. The molecule has 0 spiro atoms. The van der Waals surface area contributed by atoms with Gasteiger partial charge in [-0.1, -0.05) is 54.6 Å². The highest BCUT2D eigenvalue weighted by molar-refractivity contribution is 5.86. The molecule has 184 valence electrons. The Morgan fingerprint density at radius 1 is 1.03 bits per heavy atom. The molecule has 4 rings (SSSR count). The third-order valence-corrected chi connectivity index (χ3v) is 7.03. The lowest BCUT2D eigenvalue weighted by Gasteiger charge is -2.20. The number of carboxylic acid groups (broad SMARTS) is 1. The maximum absolute atomic E-state index is 12.7. The van der Waals surface area contributed by atoms with Crippen molar-refractivity contribution in [2.45, 2.75) is 44.1 Å². The minimum absolute atomic E-state index is 0.0547. The maximum atomic E-state index is 12.7.